The van der Waals surface area contributed by atoms with Crippen LogP contribution in [0, 0.1) is 0 Å². The Bertz CT molecular complexity index is 828. The van der Waals surface area contributed by atoms with Gasteiger partial charge in [-0.3, -0.25) is 0 Å². The van der Waals surface area contributed by atoms with Gasteiger partial charge in [0, 0.05) is 37.2 Å². The molecular formula is C21H23Cl2N3. The minimum atomic E-state index is 0.574. The van der Waals surface area contributed by atoms with E-state index in [9.17, 15) is 0 Å². The number of para-hydroxylation sites is 1. The zero-order valence-electron chi connectivity index (χ0n) is 15.0. The van der Waals surface area contributed by atoms with Crippen molar-refractivity contribution in [1.82, 2.24) is 4.90 Å². The van der Waals surface area contributed by atoms with Gasteiger partial charge in [-0.2, -0.15) is 0 Å². The molecule has 0 radical (unpaired) electrons. The van der Waals surface area contributed by atoms with Crippen molar-refractivity contribution in [2.75, 3.05) is 43.9 Å². The van der Waals surface area contributed by atoms with Crippen LogP contribution in [0.15, 0.2) is 60.3 Å². The van der Waals surface area contributed by atoms with E-state index in [2.05, 4.69) is 71.8 Å². The van der Waals surface area contributed by atoms with Crippen molar-refractivity contribution in [3.63, 3.8) is 0 Å². The lowest BCUT2D eigenvalue weighted by molar-refractivity contribution is 0.425. The summed E-state index contributed by atoms with van der Waals surface area (Å²) in [5, 5.41) is 4.67. The van der Waals surface area contributed by atoms with Crippen molar-refractivity contribution < 1.29 is 0 Å². The summed E-state index contributed by atoms with van der Waals surface area (Å²) < 4.78 is 0. The normalized spacial score (nSPS) is 15.3. The smallest absolute Gasteiger partial charge is 0.0613 e. The summed E-state index contributed by atoms with van der Waals surface area (Å²) in [6.07, 6.45) is 6.44. The van der Waals surface area contributed by atoms with Gasteiger partial charge in [-0.05, 0) is 61.6 Å². The first-order valence-electron chi connectivity index (χ1n) is 8.61. The van der Waals surface area contributed by atoms with Crippen molar-refractivity contribution in [2.24, 2.45) is 0 Å². The predicted octanol–water partition coefficient (Wildman–Crippen LogP) is 5.38. The fraction of sp³-hybridized carbons (Fsp3) is 0.238. The van der Waals surface area contributed by atoms with Crippen molar-refractivity contribution in [3.05, 3.63) is 75.9 Å². The highest BCUT2D eigenvalue weighted by atomic mass is 35.5. The van der Waals surface area contributed by atoms with Crippen LogP contribution in [0.4, 0.5) is 11.4 Å². The first-order chi connectivity index (χ1) is 12.5. The molecule has 1 aliphatic heterocycles. The Morgan fingerprint density at radius 2 is 1.92 bits per heavy atom. The van der Waals surface area contributed by atoms with E-state index in [0.29, 0.717) is 10.0 Å². The number of rotatable bonds is 6. The number of hydrogen-bond donors (Lipinski definition) is 1. The molecule has 1 N–H and O–H groups in total. The molecule has 0 saturated carbocycles. The molecule has 0 bridgehead atoms. The second-order valence-corrected chi connectivity index (χ2v) is 7.39. The molecule has 0 fully saturated rings. The van der Waals surface area contributed by atoms with E-state index in [4.69, 9.17) is 23.2 Å². The molecule has 1 aliphatic rings. The Labute approximate surface area is 165 Å². The van der Waals surface area contributed by atoms with Crippen LogP contribution in [0.3, 0.4) is 0 Å². The van der Waals surface area contributed by atoms with Gasteiger partial charge < -0.3 is 15.1 Å². The van der Waals surface area contributed by atoms with Crippen LogP contribution in [0.2, 0.25) is 10.0 Å². The summed E-state index contributed by atoms with van der Waals surface area (Å²) in [6.45, 7) is 2.72. The summed E-state index contributed by atoms with van der Waals surface area (Å²) in [5.74, 6) is 0. The Balaban J connectivity index is 1.72. The van der Waals surface area contributed by atoms with Crippen molar-refractivity contribution in [1.29, 1.82) is 0 Å². The largest absolute Gasteiger partial charge is 0.383 e. The number of nitrogens with zero attached hydrogens (tertiary/aromatic N) is 2. The zero-order valence-corrected chi connectivity index (χ0v) is 16.6. The molecule has 0 aliphatic carbocycles. The second kappa shape index (κ2) is 8.63. The molecule has 2 aromatic rings. The highest BCUT2D eigenvalue weighted by Crippen LogP contribution is 2.30. The standard InChI is InChI=1S/C21H23Cl2N3/c1-25(2)12-10-24-21-6-4-3-5-17(21)13-16-9-11-26(15-16)18-7-8-19(22)20(23)14-18/h3-9,11,13-14,24H,10,12,15H2,1-2H3. The monoisotopic (exact) mass is 387 g/mol. The number of halogens is 2. The number of anilines is 2. The van der Waals surface area contributed by atoms with E-state index in [-0.39, 0.29) is 0 Å². The zero-order chi connectivity index (χ0) is 18.5. The number of nitrogens with one attached hydrogen (secondary N) is 1. The molecule has 0 aromatic heterocycles. The lowest BCUT2D eigenvalue weighted by atomic mass is 10.1. The third-order valence-corrected chi connectivity index (χ3v) is 4.97. The van der Waals surface area contributed by atoms with E-state index in [0.717, 1.165) is 31.0 Å². The van der Waals surface area contributed by atoms with E-state index < -0.39 is 0 Å². The minimum Gasteiger partial charge on any atom is -0.383 e. The highest BCUT2D eigenvalue weighted by Gasteiger charge is 2.13. The number of benzene rings is 2. The molecule has 0 spiro atoms. The molecule has 3 rings (SSSR count). The van der Waals surface area contributed by atoms with Gasteiger partial charge in [-0.25, -0.2) is 0 Å². The predicted molar refractivity (Wildman–Crippen MR) is 114 cm³/mol. The van der Waals surface area contributed by atoms with Crippen molar-refractivity contribution in [3.8, 4) is 0 Å². The molecule has 0 unspecified atom stereocenters. The third kappa shape index (κ3) is 4.82. The van der Waals surface area contributed by atoms with Gasteiger partial charge in [0.2, 0.25) is 0 Å². The van der Waals surface area contributed by atoms with Gasteiger partial charge in [-0.15, -0.1) is 0 Å². The van der Waals surface area contributed by atoms with E-state index in [1.165, 1.54) is 11.1 Å². The first kappa shape index (κ1) is 18.8. The topological polar surface area (TPSA) is 18.5 Å². The van der Waals surface area contributed by atoms with Crippen molar-refractivity contribution >= 4 is 40.7 Å². The summed E-state index contributed by atoms with van der Waals surface area (Å²) in [7, 11) is 4.16. The van der Waals surface area contributed by atoms with E-state index in [1.807, 2.05) is 18.2 Å². The molecule has 1 heterocycles. The van der Waals surface area contributed by atoms with Gasteiger partial charge in [0.05, 0.1) is 10.0 Å². The SMILES string of the molecule is CN(C)CCNc1ccccc1C=C1C=CN(c2ccc(Cl)c(Cl)c2)C1. The average Bonchev–Trinajstić information content (AvgIpc) is 3.07. The molecular weight excluding hydrogens is 365 g/mol. The summed E-state index contributed by atoms with van der Waals surface area (Å²) in [6, 6.07) is 14.1. The van der Waals surface area contributed by atoms with Crippen LogP contribution in [0.1, 0.15) is 5.56 Å². The van der Waals surface area contributed by atoms with Gasteiger partial charge >= 0.3 is 0 Å². The van der Waals surface area contributed by atoms with Crippen LogP contribution in [-0.2, 0) is 0 Å². The number of likely N-dealkylation sites (N-methyl/N-ethyl adjacent to an activating group) is 1. The van der Waals surface area contributed by atoms with Gasteiger partial charge in [0.15, 0.2) is 0 Å². The number of hydrogen-bond acceptors (Lipinski definition) is 3. The highest BCUT2D eigenvalue weighted by molar-refractivity contribution is 6.42. The maximum atomic E-state index is 6.14. The average molecular weight is 388 g/mol. The van der Waals surface area contributed by atoms with E-state index >= 15 is 0 Å². The fourth-order valence-electron chi connectivity index (χ4n) is 2.82. The molecule has 0 saturated heterocycles. The molecule has 2 aromatic carbocycles. The maximum absolute atomic E-state index is 6.14. The maximum Gasteiger partial charge on any atom is 0.0613 e. The van der Waals surface area contributed by atoms with Crippen molar-refractivity contribution in [2.45, 2.75) is 0 Å². The molecule has 136 valence electrons. The second-order valence-electron chi connectivity index (χ2n) is 6.58. The van der Waals surface area contributed by atoms with Crippen LogP contribution < -0.4 is 10.2 Å². The summed E-state index contributed by atoms with van der Waals surface area (Å²) >= 11 is 12.2. The van der Waals surface area contributed by atoms with Crippen LogP contribution >= 0.6 is 23.2 Å². The Hall–Kier alpha value is -1.94. The lowest BCUT2D eigenvalue weighted by Gasteiger charge is -2.17. The van der Waals surface area contributed by atoms with Gasteiger partial charge in [0.25, 0.3) is 0 Å². The van der Waals surface area contributed by atoms with Crippen LogP contribution in [-0.4, -0.2) is 38.6 Å². The molecule has 5 heteroatoms. The first-order valence-corrected chi connectivity index (χ1v) is 9.36. The lowest BCUT2D eigenvalue weighted by Crippen LogP contribution is -2.21. The van der Waals surface area contributed by atoms with E-state index in [1.54, 1.807) is 0 Å². The van der Waals surface area contributed by atoms with Crippen LogP contribution in [0.25, 0.3) is 6.08 Å². The quantitative estimate of drug-likeness (QED) is 0.716. The van der Waals surface area contributed by atoms with Gasteiger partial charge in [-0.1, -0.05) is 41.4 Å². The Morgan fingerprint density at radius 1 is 1.12 bits per heavy atom. The van der Waals surface area contributed by atoms with Gasteiger partial charge in [0.1, 0.15) is 0 Å². The minimum absolute atomic E-state index is 0.574. The molecule has 3 nitrogen and oxygen atoms in total. The Kier molecular flexibility index (Phi) is 6.25. The third-order valence-electron chi connectivity index (χ3n) is 4.23. The fourth-order valence-corrected chi connectivity index (χ4v) is 3.11. The summed E-state index contributed by atoms with van der Waals surface area (Å²) in [5.41, 5.74) is 4.64. The van der Waals surface area contributed by atoms with Crippen LogP contribution in [0.5, 0.6) is 0 Å². The Morgan fingerprint density at radius 3 is 2.69 bits per heavy atom. The molecule has 26 heavy (non-hydrogen) atoms. The molecule has 0 atom stereocenters. The summed E-state index contributed by atoms with van der Waals surface area (Å²) in [4.78, 5) is 4.33. The molecule has 0 amide bonds.